The van der Waals surface area contributed by atoms with E-state index in [1.54, 1.807) is 0 Å². The molecule has 0 saturated heterocycles. The lowest BCUT2D eigenvalue weighted by Crippen LogP contribution is -2.24. The van der Waals surface area contributed by atoms with E-state index in [0.717, 1.165) is 6.54 Å². The van der Waals surface area contributed by atoms with E-state index in [4.69, 9.17) is 5.73 Å². The van der Waals surface area contributed by atoms with Crippen molar-refractivity contribution in [3.63, 3.8) is 0 Å². The molecule has 5 aromatic rings. The Hall–Kier alpha value is -3.10. The predicted molar refractivity (Wildman–Crippen MR) is 120 cm³/mol. The molecule has 2 N–H and O–H groups in total. The van der Waals surface area contributed by atoms with Crippen LogP contribution < -0.4 is 10.6 Å². The molecule has 136 valence electrons. The van der Waals surface area contributed by atoms with Gasteiger partial charge in [-0.05, 0) is 63.0 Å². The monoisotopic (exact) mass is 362 g/mol. The summed E-state index contributed by atoms with van der Waals surface area (Å²) in [4.78, 5) is 2.51. The van der Waals surface area contributed by atoms with Crippen LogP contribution >= 0.6 is 0 Å². The molecule has 0 unspecified atom stereocenters. The number of anilines is 2. The number of aryl methyl sites for hydroxylation is 1. The number of hydrogen-bond donors (Lipinski definition) is 1. The van der Waals surface area contributed by atoms with Crippen molar-refractivity contribution >= 4 is 43.7 Å². The molecular weight excluding hydrogens is 340 g/mol. The van der Waals surface area contributed by atoms with Crippen LogP contribution in [0, 0.1) is 0 Å². The maximum absolute atomic E-state index is 6.04. The van der Waals surface area contributed by atoms with Gasteiger partial charge in [0.15, 0.2) is 0 Å². The van der Waals surface area contributed by atoms with E-state index in [1.807, 2.05) is 0 Å². The maximum atomic E-state index is 6.04. The van der Waals surface area contributed by atoms with Crippen LogP contribution in [0.2, 0.25) is 0 Å². The van der Waals surface area contributed by atoms with Crippen molar-refractivity contribution in [1.29, 1.82) is 0 Å². The quantitative estimate of drug-likeness (QED) is 0.383. The molecule has 1 aliphatic heterocycles. The fourth-order valence-corrected chi connectivity index (χ4v) is 5.04. The summed E-state index contributed by atoms with van der Waals surface area (Å²) in [5, 5.41) is 7.93. The second-order valence-electron chi connectivity index (χ2n) is 7.82. The zero-order valence-corrected chi connectivity index (χ0v) is 15.8. The average Bonchev–Trinajstić information content (AvgIpc) is 2.77. The highest BCUT2D eigenvalue weighted by molar-refractivity contribution is 6.26. The van der Waals surface area contributed by atoms with Crippen molar-refractivity contribution in [2.45, 2.75) is 19.4 Å². The summed E-state index contributed by atoms with van der Waals surface area (Å²) in [6.45, 7) is 1.63. The van der Waals surface area contributed by atoms with E-state index in [1.165, 1.54) is 67.7 Å². The van der Waals surface area contributed by atoms with Gasteiger partial charge in [-0.1, -0.05) is 60.7 Å². The zero-order valence-electron chi connectivity index (χ0n) is 15.8. The Morgan fingerprint density at radius 1 is 0.714 bits per heavy atom. The highest BCUT2D eigenvalue weighted by Crippen LogP contribution is 2.43. The molecule has 1 aliphatic rings. The Kier molecular flexibility index (Phi) is 3.38. The van der Waals surface area contributed by atoms with Crippen LogP contribution in [0.5, 0.6) is 0 Å². The van der Waals surface area contributed by atoms with E-state index in [0.29, 0.717) is 6.54 Å². The number of benzene rings is 5. The van der Waals surface area contributed by atoms with Gasteiger partial charge < -0.3 is 10.6 Å². The van der Waals surface area contributed by atoms with Crippen molar-refractivity contribution in [2.24, 2.45) is 5.73 Å². The van der Waals surface area contributed by atoms with E-state index in [2.05, 4.69) is 77.7 Å². The minimum atomic E-state index is 0.570. The van der Waals surface area contributed by atoms with Gasteiger partial charge >= 0.3 is 0 Å². The first-order valence-electron chi connectivity index (χ1n) is 10.1. The molecule has 0 bridgehead atoms. The normalized spacial score (nSPS) is 14.2. The van der Waals surface area contributed by atoms with Gasteiger partial charge in [0.1, 0.15) is 0 Å². The molecule has 0 fully saturated rings. The fraction of sp³-hybridized carbons (Fsp3) is 0.154. The van der Waals surface area contributed by atoms with Crippen LogP contribution in [-0.2, 0) is 13.0 Å². The van der Waals surface area contributed by atoms with Crippen LogP contribution in [0.3, 0.4) is 0 Å². The summed E-state index contributed by atoms with van der Waals surface area (Å²) in [7, 11) is 0. The lowest BCUT2D eigenvalue weighted by Gasteiger charge is -2.32. The number of rotatable bonds is 2. The number of nitrogens with zero attached hydrogens (tertiary/aromatic N) is 1. The van der Waals surface area contributed by atoms with Crippen LogP contribution in [0.1, 0.15) is 17.5 Å². The molecule has 0 atom stereocenters. The fourth-order valence-electron chi connectivity index (χ4n) is 5.04. The van der Waals surface area contributed by atoms with Gasteiger partial charge in [-0.15, -0.1) is 0 Å². The highest BCUT2D eigenvalue weighted by atomic mass is 15.1. The first kappa shape index (κ1) is 15.9. The number of nitrogens with two attached hydrogens (primary N) is 1. The molecule has 0 radical (unpaired) electrons. The molecule has 0 spiro atoms. The Labute approximate surface area is 164 Å². The van der Waals surface area contributed by atoms with E-state index in [-0.39, 0.29) is 0 Å². The second kappa shape index (κ2) is 5.95. The molecule has 1 heterocycles. The third-order valence-corrected chi connectivity index (χ3v) is 6.35. The summed E-state index contributed by atoms with van der Waals surface area (Å²) < 4.78 is 0. The van der Waals surface area contributed by atoms with Gasteiger partial charge in [0.2, 0.25) is 0 Å². The first-order chi connectivity index (χ1) is 13.8. The maximum Gasteiger partial charge on any atom is 0.0491 e. The van der Waals surface area contributed by atoms with E-state index < -0.39 is 0 Å². The Bertz CT molecular complexity index is 1340. The Morgan fingerprint density at radius 2 is 1.43 bits per heavy atom. The molecule has 0 amide bonds. The third-order valence-electron chi connectivity index (χ3n) is 6.35. The topological polar surface area (TPSA) is 29.3 Å². The molecular formula is C26H22N2. The molecule has 5 aromatic carbocycles. The van der Waals surface area contributed by atoms with Gasteiger partial charge in [0.25, 0.3) is 0 Å². The smallest absolute Gasteiger partial charge is 0.0491 e. The van der Waals surface area contributed by atoms with Crippen LogP contribution in [-0.4, -0.2) is 6.54 Å². The molecule has 28 heavy (non-hydrogen) atoms. The Balaban J connectivity index is 1.70. The van der Waals surface area contributed by atoms with Crippen molar-refractivity contribution in [3.8, 4) is 0 Å². The van der Waals surface area contributed by atoms with Gasteiger partial charge in [-0.2, -0.15) is 0 Å². The number of hydrogen-bond acceptors (Lipinski definition) is 2. The summed E-state index contributed by atoms with van der Waals surface area (Å²) in [5.74, 6) is 0. The van der Waals surface area contributed by atoms with Gasteiger partial charge in [-0.3, -0.25) is 0 Å². The third kappa shape index (κ3) is 2.12. The number of para-hydroxylation sites is 1. The molecule has 0 saturated carbocycles. The molecule has 2 nitrogen and oxygen atoms in total. The van der Waals surface area contributed by atoms with Gasteiger partial charge in [0.05, 0.1) is 0 Å². The highest BCUT2D eigenvalue weighted by Gasteiger charge is 2.21. The molecule has 2 heteroatoms. The average molecular weight is 362 g/mol. The molecule has 6 rings (SSSR count). The van der Waals surface area contributed by atoms with Crippen LogP contribution in [0.15, 0.2) is 72.8 Å². The minimum absolute atomic E-state index is 0.570. The van der Waals surface area contributed by atoms with Crippen LogP contribution in [0.25, 0.3) is 32.3 Å². The van der Waals surface area contributed by atoms with Crippen molar-refractivity contribution in [1.82, 2.24) is 0 Å². The molecule has 0 aromatic heterocycles. The lowest BCUT2D eigenvalue weighted by molar-refractivity contribution is 0.768. The summed E-state index contributed by atoms with van der Waals surface area (Å²) in [6.07, 6.45) is 2.36. The summed E-state index contributed by atoms with van der Waals surface area (Å²) in [6, 6.07) is 26.9. The predicted octanol–water partition coefficient (Wildman–Crippen LogP) is 6.13. The lowest BCUT2D eigenvalue weighted by atomic mass is 9.90. The first-order valence-corrected chi connectivity index (χ1v) is 10.1. The zero-order chi connectivity index (χ0) is 18.7. The second-order valence-corrected chi connectivity index (χ2v) is 7.82. The van der Waals surface area contributed by atoms with E-state index >= 15 is 0 Å². The Morgan fingerprint density at radius 3 is 2.29 bits per heavy atom. The SMILES string of the molecule is NCc1ccc2ccc3c(N4CCCc5ccccc54)ccc4ccc1c2c43. The van der Waals surface area contributed by atoms with Gasteiger partial charge in [-0.25, -0.2) is 0 Å². The summed E-state index contributed by atoms with van der Waals surface area (Å²) in [5.41, 5.74) is 11.4. The van der Waals surface area contributed by atoms with Crippen LogP contribution in [0.4, 0.5) is 11.4 Å². The van der Waals surface area contributed by atoms with Crippen molar-refractivity contribution in [2.75, 3.05) is 11.4 Å². The van der Waals surface area contributed by atoms with E-state index in [9.17, 15) is 0 Å². The standard InChI is InChI=1S/C26H22N2/c27-16-20-8-7-18-10-13-22-24(14-11-19-9-12-21(20)25(18)26(19)22)28-15-3-5-17-4-1-2-6-23(17)28/h1-2,4,6-14H,3,5,15-16,27H2. The van der Waals surface area contributed by atoms with Crippen molar-refractivity contribution in [3.05, 3.63) is 83.9 Å². The van der Waals surface area contributed by atoms with Gasteiger partial charge in [0, 0.05) is 29.9 Å². The number of fused-ring (bicyclic) bond motifs is 1. The summed E-state index contributed by atoms with van der Waals surface area (Å²) >= 11 is 0. The van der Waals surface area contributed by atoms with Crippen molar-refractivity contribution < 1.29 is 0 Å². The minimum Gasteiger partial charge on any atom is -0.341 e. The largest absolute Gasteiger partial charge is 0.341 e. The molecule has 0 aliphatic carbocycles.